The molecule has 1 aliphatic rings. The van der Waals surface area contributed by atoms with Gasteiger partial charge >= 0.3 is 0 Å². The highest BCUT2D eigenvalue weighted by atomic mass is 32.2. The van der Waals surface area contributed by atoms with E-state index >= 15 is 0 Å². The summed E-state index contributed by atoms with van der Waals surface area (Å²) in [5, 5.41) is 0. The minimum Gasteiger partial charge on any atom is -0.398 e. The average molecular weight is 223 g/mol. The number of nitrogen functional groups attached to an aromatic ring is 1. The van der Waals surface area contributed by atoms with Crippen LogP contribution in [0.1, 0.15) is 18.4 Å². The molecule has 1 saturated heterocycles. The predicted octanol–water partition coefficient (Wildman–Crippen LogP) is 2.85. The van der Waals surface area contributed by atoms with E-state index in [1.807, 2.05) is 18.7 Å². The maximum absolute atomic E-state index is 5.86. The minimum atomic E-state index is 0.442. The fraction of sp³-hybridized carbons (Fsp3) is 0.500. The molecule has 1 aliphatic heterocycles. The van der Waals surface area contributed by atoms with E-state index in [1.165, 1.54) is 17.7 Å². The van der Waals surface area contributed by atoms with Crippen molar-refractivity contribution >= 4 is 17.4 Å². The van der Waals surface area contributed by atoms with Crippen LogP contribution in [-0.4, -0.2) is 18.5 Å². The number of benzene rings is 1. The molecule has 1 atom stereocenters. The number of aryl methyl sites for hydroxylation is 1. The third-order valence-corrected chi connectivity index (χ3v) is 3.84. The Balaban J connectivity index is 1.90. The molecule has 0 amide bonds. The smallest absolute Gasteiger partial charge is 0.0669 e. The lowest BCUT2D eigenvalue weighted by molar-refractivity contribution is 0.129. The number of anilines is 1. The molecule has 82 valence electrons. The molecule has 0 bridgehead atoms. The Labute approximate surface area is 95.2 Å². The van der Waals surface area contributed by atoms with Crippen LogP contribution in [0.2, 0.25) is 0 Å². The van der Waals surface area contributed by atoms with Crippen molar-refractivity contribution < 1.29 is 4.74 Å². The van der Waals surface area contributed by atoms with E-state index in [-0.39, 0.29) is 0 Å². The standard InChI is InChI=1S/C12H17NOS/c1-9-4-5-11(7-12(9)13)15-8-10-3-2-6-14-10/h4-5,7,10H,2-3,6,8,13H2,1H3. The Hall–Kier alpha value is -0.670. The number of ether oxygens (including phenoxy) is 1. The third-order valence-electron chi connectivity index (χ3n) is 2.71. The van der Waals surface area contributed by atoms with Gasteiger partial charge in [-0.2, -0.15) is 0 Å². The molecule has 1 aromatic carbocycles. The molecule has 2 rings (SSSR count). The van der Waals surface area contributed by atoms with Gasteiger partial charge in [-0.05, 0) is 37.5 Å². The maximum atomic E-state index is 5.86. The van der Waals surface area contributed by atoms with Crippen molar-refractivity contribution in [2.45, 2.75) is 30.8 Å². The molecule has 0 aromatic heterocycles. The van der Waals surface area contributed by atoms with E-state index in [0.29, 0.717) is 6.10 Å². The molecule has 1 fully saturated rings. The van der Waals surface area contributed by atoms with Gasteiger partial charge in [-0.15, -0.1) is 11.8 Å². The fourth-order valence-corrected chi connectivity index (χ4v) is 2.69. The van der Waals surface area contributed by atoms with Crippen LogP contribution in [0.3, 0.4) is 0 Å². The average Bonchev–Trinajstić information content (AvgIpc) is 2.73. The van der Waals surface area contributed by atoms with Crippen LogP contribution >= 0.6 is 11.8 Å². The zero-order valence-electron chi connectivity index (χ0n) is 9.03. The van der Waals surface area contributed by atoms with Crippen LogP contribution in [0.5, 0.6) is 0 Å². The highest BCUT2D eigenvalue weighted by Crippen LogP contribution is 2.26. The zero-order valence-corrected chi connectivity index (χ0v) is 9.85. The van der Waals surface area contributed by atoms with Crippen molar-refractivity contribution in [1.29, 1.82) is 0 Å². The van der Waals surface area contributed by atoms with Crippen molar-refractivity contribution in [3.63, 3.8) is 0 Å². The summed E-state index contributed by atoms with van der Waals surface area (Å²) in [6, 6.07) is 6.26. The van der Waals surface area contributed by atoms with Crippen LogP contribution in [-0.2, 0) is 4.74 Å². The lowest BCUT2D eigenvalue weighted by Gasteiger charge is -2.09. The lowest BCUT2D eigenvalue weighted by Crippen LogP contribution is -2.07. The summed E-state index contributed by atoms with van der Waals surface area (Å²) in [4.78, 5) is 1.24. The second kappa shape index (κ2) is 4.90. The first-order valence-electron chi connectivity index (χ1n) is 5.36. The summed E-state index contributed by atoms with van der Waals surface area (Å²) >= 11 is 1.84. The zero-order chi connectivity index (χ0) is 10.7. The molecule has 2 nitrogen and oxygen atoms in total. The molecule has 1 aromatic rings. The molecular formula is C12H17NOS. The van der Waals surface area contributed by atoms with Crippen molar-refractivity contribution in [2.75, 3.05) is 18.1 Å². The Morgan fingerprint density at radius 2 is 2.40 bits per heavy atom. The topological polar surface area (TPSA) is 35.2 Å². The summed E-state index contributed by atoms with van der Waals surface area (Å²) < 4.78 is 5.58. The van der Waals surface area contributed by atoms with Gasteiger partial charge in [0.05, 0.1) is 6.10 Å². The normalized spacial score (nSPS) is 20.7. The van der Waals surface area contributed by atoms with Gasteiger partial charge in [0.25, 0.3) is 0 Å². The molecular weight excluding hydrogens is 206 g/mol. The highest BCUT2D eigenvalue weighted by molar-refractivity contribution is 7.99. The molecule has 1 unspecified atom stereocenters. The lowest BCUT2D eigenvalue weighted by atomic mass is 10.2. The highest BCUT2D eigenvalue weighted by Gasteiger charge is 2.15. The minimum absolute atomic E-state index is 0.442. The monoisotopic (exact) mass is 223 g/mol. The first-order chi connectivity index (χ1) is 7.25. The first-order valence-corrected chi connectivity index (χ1v) is 6.35. The van der Waals surface area contributed by atoms with Crippen LogP contribution < -0.4 is 5.73 Å². The molecule has 3 heteroatoms. The van der Waals surface area contributed by atoms with Gasteiger partial charge in [0.2, 0.25) is 0 Å². The molecule has 15 heavy (non-hydrogen) atoms. The number of thioether (sulfide) groups is 1. The van der Waals surface area contributed by atoms with Gasteiger partial charge in [0, 0.05) is 22.9 Å². The molecule has 0 spiro atoms. The van der Waals surface area contributed by atoms with Gasteiger partial charge in [0.15, 0.2) is 0 Å². The Morgan fingerprint density at radius 3 is 3.07 bits per heavy atom. The number of nitrogens with two attached hydrogens (primary N) is 1. The van der Waals surface area contributed by atoms with E-state index in [2.05, 4.69) is 18.2 Å². The van der Waals surface area contributed by atoms with Gasteiger partial charge in [-0.25, -0.2) is 0 Å². The van der Waals surface area contributed by atoms with Gasteiger partial charge in [-0.1, -0.05) is 6.07 Å². The summed E-state index contributed by atoms with van der Waals surface area (Å²) in [5.74, 6) is 1.04. The van der Waals surface area contributed by atoms with Crippen LogP contribution in [0.4, 0.5) is 5.69 Å². The summed E-state index contributed by atoms with van der Waals surface area (Å²) in [7, 11) is 0. The molecule has 1 heterocycles. The van der Waals surface area contributed by atoms with Gasteiger partial charge < -0.3 is 10.5 Å². The van der Waals surface area contributed by atoms with Crippen LogP contribution in [0, 0.1) is 6.92 Å². The van der Waals surface area contributed by atoms with E-state index < -0.39 is 0 Å². The van der Waals surface area contributed by atoms with E-state index in [9.17, 15) is 0 Å². The number of hydrogen-bond acceptors (Lipinski definition) is 3. The predicted molar refractivity (Wildman–Crippen MR) is 65.3 cm³/mol. The Bertz CT molecular complexity index is 334. The van der Waals surface area contributed by atoms with Crippen molar-refractivity contribution in [1.82, 2.24) is 0 Å². The molecule has 2 N–H and O–H groups in total. The van der Waals surface area contributed by atoms with Crippen LogP contribution in [0.25, 0.3) is 0 Å². The third kappa shape index (κ3) is 2.89. The Kier molecular flexibility index (Phi) is 3.54. The van der Waals surface area contributed by atoms with Gasteiger partial charge in [-0.3, -0.25) is 0 Å². The SMILES string of the molecule is Cc1ccc(SCC2CCCO2)cc1N. The summed E-state index contributed by atoms with van der Waals surface area (Å²) in [6.45, 7) is 2.96. The Morgan fingerprint density at radius 1 is 1.53 bits per heavy atom. The quantitative estimate of drug-likeness (QED) is 0.632. The van der Waals surface area contributed by atoms with Crippen molar-refractivity contribution in [2.24, 2.45) is 0 Å². The molecule has 0 saturated carbocycles. The number of hydrogen-bond donors (Lipinski definition) is 1. The largest absolute Gasteiger partial charge is 0.398 e. The van der Waals surface area contributed by atoms with E-state index in [0.717, 1.165) is 23.6 Å². The summed E-state index contributed by atoms with van der Waals surface area (Å²) in [5.41, 5.74) is 7.89. The second-order valence-electron chi connectivity index (χ2n) is 3.96. The summed E-state index contributed by atoms with van der Waals surface area (Å²) in [6.07, 6.45) is 2.85. The molecule has 0 radical (unpaired) electrons. The molecule has 0 aliphatic carbocycles. The van der Waals surface area contributed by atoms with E-state index in [1.54, 1.807) is 0 Å². The maximum Gasteiger partial charge on any atom is 0.0669 e. The van der Waals surface area contributed by atoms with Gasteiger partial charge in [0.1, 0.15) is 0 Å². The number of rotatable bonds is 3. The van der Waals surface area contributed by atoms with Crippen molar-refractivity contribution in [3.05, 3.63) is 23.8 Å². The first kappa shape index (κ1) is 10.8. The van der Waals surface area contributed by atoms with Crippen LogP contribution in [0.15, 0.2) is 23.1 Å². The van der Waals surface area contributed by atoms with E-state index in [4.69, 9.17) is 10.5 Å². The van der Waals surface area contributed by atoms with Crippen molar-refractivity contribution in [3.8, 4) is 0 Å². The fourth-order valence-electron chi connectivity index (χ4n) is 1.67. The second-order valence-corrected chi connectivity index (χ2v) is 5.06.